The van der Waals surface area contributed by atoms with Gasteiger partial charge in [0.2, 0.25) is 11.9 Å². The molecule has 0 aliphatic rings. The quantitative estimate of drug-likeness (QED) is 0.377. The lowest BCUT2D eigenvalue weighted by molar-refractivity contribution is -0.168. The summed E-state index contributed by atoms with van der Waals surface area (Å²) in [6, 6.07) is 13.5. The van der Waals surface area contributed by atoms with Gasteiger partial charge in [-0.05, 0) is 44.5 Å². The lowest BCUT2D eigenvalue weighted by atomic mass is 10.1. The van der Waals surface area contributed by atoms with Gasteiger partial charge in [0, 0.05) is 16.6 Å². The Morgan fingerprint density at radius 2 is 1.69 bits per heavy atom. The molecule has 7 nitrogen and oxygen atoms in total. The van der Waals surface area contributed by atoms with Crippen LogP contribution >= 0.6 is 0 Å². The van der Waals surface area contributed by atoms with E-state index in [-0.39, 0.29) is 12.1 Å². The highest BCUT2D eigenvalue weighted by Gasteiger charge is 2.46. The molecule has 1 atom stereocenters. The zero-order chi connectivity index (χ0) is 25.3. The van der Waals surface area contributed by atoms with Crippen molar-refractivity contribution in [2.24, 2.45) is 0 Å². The van der Waals surface area contributed by atoms with Crippen LogP contribution in [-0.2, 0) is 16.0 Å². The Bertz CT molecular complexity index is 1390. The van der Waals surface area contributed by atoms with Crippen molar-refractivity contribution in [1.82, 2.24) is 20.1 Å². The van der Waals surface area contributed by atoms with Crippen molar-refractivity contribution in [3.05, 3.63) is 77.2 Å². The van der Waals surface area contributed by atoms with Crippen LogP contribution in [0.1, 0.15) is 22.6 Å². The fourth-order valence-electron chi connectivity index (χ4n) is 4.07. The molecule has 0 spiro atoms. The molecule has 2 heterocycles. The number of hydrogen-bond acceptors (Lipinski definition) is 3. The van der Waals surface area contributed by atoms with Crippen LogP contribution in [-0.4, -0.2) is 38.8 Å². The van der Waals surface area contributed by atoms with Gasteiger partial charge < -0.3 is 15.6 Å². The predicted octanol–water partition coefficient (Wildman–Crippen LogP) is 4.51. The number of halogens is 3. The fraction of sp³-hybridized carbons (Fsp3) is 0.240. The molecule has 35 heavy (non-hydrogen) atoms. The fourth-order valence-corrected chi connectivity index (χ4v) is 4.07. The first kappa shape index (κ1) is 24.1. The van der Waals surface area contributed by atoms with Gasteiger partial charge in [-0.25, -0.2) is 4.68 Å². The molecule has 2 aromatic carbocycles. The number of H-pyrrole nitrogens is 1. The third kappa shape index (κ3) is 4.91. The van der Waals surface area contributed by atoms with Crippen molar-refractivity contribution >= 4 is 28.4 Å². The van der Waals surface area contributed by atoms with Crippen molar-refractivity contribution in [2.45, 2.75) is 39.4 Å². The maximum Gasteiger partial charge on any atom is 0.417 e. The molecule has 10 heteroatoms. The molecule has 0 bridgehead atoms. The summed E-state index contributed by atoms with van der Waals surface area (Å²) in [5.41, 5.74) is 3.70. The number of amides is 2. The SMILES string of the molecule is Cc1nn(-c2ccccc2)c(C)c1NC(=O)C(NC(=O)Cc1c(C)[nH]c2ccccc12)C(F)(F)F. The van der Waals surface area contributed by atoms with Crippen molar-refractivity contribution in [2.75, 3.05) is 5.32 Å². The maximum atomic E-state index is 13.8. The molecule has 182 valence electrons. The second-order valence-corrected chi connectivity index (χ2v) is 8.28. The first-order valence-electron chi connectivity index (χ1n) is 10.9. The molecule has 0 radical (unpaired) electrons. The number of carbonyl (C=O) groups excluding carboxylic acids is 2. The predicted molar refractivity (Wildman–Crippen MR) is 126 cm³/mol. The van der Waals surface area contributed by atoms with Crippen LogP contribution in [0.5, 0.6) is 0 Å². The number of carbonyl (C=O) groups is 2. The van der Waals surface area contributed by atoms with Crippen LogP contribution in [0, 0.1) is 20.8 Å². The average molecular weight is 483 g/mol. The first-order chi connectivity index (χ1) is 16.6. The molecule has 0 saturated carbocycles. The highest BCUT2D eigenvalue weighted by Crippen LogP contribution is 2.27. The molecule has 2 amide bonds. The summed E-state index contributed by atoms with van der Waals surface area (Å²) in [5, 5.41) is 9.26. The van der Waals surface area contributed by atoms with E-state index in [9.17, 15) is 22.8 Å². The lowest BCUT2D eigenvalue weighted by Gasteiger charge is -2.21. The number of aromatic amines is 1. The molecule has 0 aliphatic carbocycles. The van der Waals surface area contributed by atoms with Crippen molar-refractivity contribution in [3.8, 4) is 5.69 Å². The van der Waals surface area contributed by atoms with Crippen molar-refractivity contribution in [1.29, 1.82) is 0 Å². The number of aryl methyl sites for hydroxylation is 2. The maximum absolute atomic E-state index is 13.8. The summed E-state index contributed by atoms with van der Waals surface area (Å²) in [5.74, 6) is -2.30. The molecule has 4 aromatic rings. The summed E-state index contributed by atoms with van der Waals surface area (Å²) >= 11 is 0. The molecular formula is C25H24F3N5O2. The Morgan fingerprint density at radius 1 is 1.03 bits per heavy atom. The zero-order valence-corrected chi connectivity index (χ0v) is 19.3. The molecule has 0 aliphatic heterocycles. The smallest absolute Gasteiger partial charge is 0.358 e. The second kappa shape index (κ2) is 9.28. The van der Waals surface area contributed by atoms with Gasteiger partial charge in [0.05, 0.1) is 29.2 Å². The van der Waals surface area contributed by atoms with Crippen LogP contribution in [0.25, 0.3) is 16.6 Å². The Kier molecular flexibility index (Phi) is 6.38. The molecule has 2 aromatic heterocycles. The molecular weight excluding hydrogens is 459 g/mol. The highest BCUT2D eigenvalue weighted by atomic mass is 19.4. The number of aromatic nitrogens is 3. The van der Waals surface area contributed by atoms with E-state index in [0.29, 0.717) is 28.3 Å². The monoisotopic (exact) mass is 483 g/mol. The number of anilines is 1. The third-order valence-electron chi connectivity index (χ3n) is 5.80. The van der Waals surface area contributed by atoms with Gasteiger partial charge in [0.1, 0.15) is 0 Å². The van der Waals surface area contributed by atoms with Gasteiger partial charge >= 0.3 is 6.18 Å². The van der Waals surface area contributed by atoms with Gasteiger partial charge in [0.15, 0.2) is 0 Å². The van der Waals surface area contributed by atoms with E-state index in [4.69, 9.17) is 0 Å². The minimum Gasteiger partial charge on any atom is -0.358 e. The van der Waals surface area contributed by atoms with Gasteiger partial charge in [-0.15, -0.1) is 0 Å². The van der Waals surface area contributed by atoms with E-state index in [0.717, 1.165) is 10.9 Å². The number of alkyl halides is 3. The normalized spacial score (nSPS) is 12.5. The topological polar surface area (TPSA) is 91.8 Å². The summed E-state index contributed by atoms with van der Waals surface area (Å²) in [6.07, 6.45) is -5.30. The first-order valence-corrected chi connectivity index (χ1v) is 10.9. The lowest BCUT2D eigenvalue weighted by Crippen LogP contribution is -2.53. The van der Waals surface area contributed by atoms with Gasteiger partial charge in [-0.1, -0.05) is 36.4 Å². The van der Waals surface area contributed by atoms with E-state index in [1.807, 2.05) is 23.5 Å². The Labute approximate surface area is 199 Å². The molecule has 1 unspecified atom stereocenters. The Balaban J connectivity index is 1.54. The van der Waals surface area contributed by atoms with Gasteiger partial charge in [-0.2, -0.15) is 18.3 Å². The molecule has 3 N–H and O–H groups in total. The van der Waals surface area contributed by atoms with E-state index in [1.54, 1.807) is 57.2 Å². The standard InChI is InChI=1S/C25H24F3N5O2/c1-14-19(18-11-7-8-12-20(18)29-14)13-21(34)30-23(25(26,27)28)24(35)31-22-15(2)32-33(16(22)3)17-9-5-4-6-10-17/h4-12,23,29H,13H2,1-3H3,(H,30,34)(H,31,35). The Hall–Kier alpha value is -4.08. The Morgan fingerprint density at radius 3 is 2.37 bits per heavy atom. The number of nitrogens with zero attached hydrogens (tertiary/aromatic N) is 2. The van der Waals surface area contributed by atoms with E-state index in [2.05, 4.69) is 15.4 Å². The summed E-state index contributed by atoms with van der Waals surface area (Å²) in [4.78, 5) is 28.5. The number of benzene rings is 2. The molecule has 0 saturated heterocycles. The third-order valence-corrected chi connectivity index (χ3v) is 5.80. The van der Waals surface area contributed by atoms with E-state index >= 15 is 0 Å². The summed E-state index contributed by atoms with van der Waals surface area (Å²) < 4.78 is 43.0. The minimum absolute atomic E-state index is 0.162. The summed E-state index contributed by atoms with van der Waals surface area (Å²) in [7, 11) is 0. The highest BCUT2D eigenvalue weighted by molar-refractivity contribution is 5.99. The van der Waals surface area contributed by atoms with Crippen LogP contribution in [0.3, 0.4) is 0 Å². The van der Waals surface area contributed by atoms with Crippen LogP contribution < -0.4 is 10.6 Å². The second-order valence-electron chi connectivity index (χ2n) is 8.28. The number of hydrogen-bond donors (Lipinski definition) is 3. The zero-order valence-electron chi connectivity index (χ0n) is 19.3. The summed E-state index contributed by atoms with van der Waals surface area (Å²) in [6.45, 7) is 4.97. The number of para-hydroxylation sites is 2. The average Bonchev–Trinajstić information content (AvgIpc) is 3.27. The largest absolute Gasteiger partial charge is 0.417 e. The van der Waals surface area contributed by atoms with Crippen molar-refractivity contribution < 1.29 is 22.8 Å². The number of fused-ring (bicyclic) bond motifs is 1. The van der Waals surface area contributed by atoms with Gasteiger partial charge in [0.25, 0.3) is 5.91 Å². The number of rotatable bonds is 6. The molecule has 0 fully saturated rings. The minimum atomic E-state index is -4.99. The van der Waals surface area contributed by atoms with Gasteiger partial charge in [-0.3, -0.25) is 9.59 Å². The molecule has 4 rings (SSSR count). The van der Waals surface area contributed by atoms with Crippen LogP contribution in [0.15, 0.2) is 54.6 Å². The van der Waals surface area contributed by atoms with E-state index in [1.165, 1.54) is 4.68 Å². The van der Waals surface area contributed by atoms with Crippen LogP contribution in [0.4, 0.5) is 18.9 Å². The van der Waals surface area contributed by atoms with E-state index < -0.39 is 24.0 Å². The van der Waals surface area contributed by atoms with Crippen molar-refractivity contribution in [3.63, 3.8) is 0 Å². The van der Waals surface area contributed by atoms with Crippen LogP contribution in [0.2, 0.25) is 0 Å². The number of nitrogens with one attached hydrogen (secondary N) is 3.